The van der Waals surface area contributed by atoms with Crippen LogP contribution < -0.4 is 9.80 Å². The van der Waals surface area contributed by atoms with Gasteiger partial charge in [0.25, 0.3) is 0 Å². The third-order valence-electron chi connectivity index (χ3n) is 2.57. The zero-order valence-corrected chi connectivity index (χ0v) is 12.0. The first-order valence-corrected chi connectivity index (χ1v) is 6.18. The van der Waals surface area contributed by atoms with Gasteiger partial charge in [-0.05, 0) is 5.41 Å². The SMILES string of the molecule is CN(CCO)c1cc(N(C)CC(C)(C)C)ncn1. The summed E-state index contributed by atoms with van der Waals surface area (Å²) in [6.45, 7) is 8.21. The molecule has 5 nitrogen and oxygen atoms in total. The first kappa shape index (κ1) is 14.7. The van der Waals surface area contributed by atoms with E-state index in [2.05, 4.69) is 35.6 Å². The normalized spacial score (nSPS) is 11.4. The molecule has 0 radical (unpaired) electrons. The summed E-state index contributed by atoms with van der Waals surface area (Å²) >= 11 is 0. The molecule has 0 aliphatic heterocycles. The van der Waals surface area contributed by atoms with Crippen LogP contribution in [0.25, 0.3) is 0 Å². The topological polar surface area (TPSA) is 52.5 Å². The maximum Gasteiger partial charge on any atom is 0.133 e. The Morgan fingerprint density at radius 3 is 2.17 bits per heavy atom. The summed E-state index contributed by atoms with van der Waals surface area (Å²) in [4.78, 5) is 12.5. The van der Waals surface area contributed by atoms with Gasteiger partial charge in [0.15, 0.2) is 0 Å². The number of nitrogens with zero attached hydrogens (tertiary/aromatic N) is 4. The second-order valence-corrected chi connectivity index (χ2v) is 5.80. The molecule has 1 aromatic rings. The molecule has 0 aliphatic rings. The predicted octanol–water partition coefficient (Wildman–Crippen LogP) is 1.39. The second-order valence-electron chi connectivity index (χ2n) is 5.80. The molecule has 1 rings (SSSR count). The number of likely N-dealkylation sites (N-methyl/N-ethyl adjacent to an activating group) is 1. The van der Waals surface area contributed by atoms with Crippen molar-refractivity contribution in [3.63, 3.8) is 0 Å². The van der Waals surface area contributed by atoms with E-state index in [1.54, 1.807) is 6.33 Å². The van der Waals surface area contributed by atoms with Gasteiger partial charge in [-0.25, -0.2) is 9.97 Å². The zero-order valence-electron chi connectivity index (χ0n) is 12.0. The van der Waals surface area contributed by atoms with Gasteiger partial charge >= 0.3 is 0 Å². The molecule has 0 aliphatic carbocycles. The van der Waals surface area contributed by atoms with Gasteiger partial charge in [0.2, 0.25) is 0 Å². The molecule has 0 atom stereocenters. The lowest BCUT2D eigenvalue weighted by Gasteiger charge is -2.28. The molecule has 0 spiro atoms. The highest BCUT2D eigenvalue weighted by Crippen LogP contribution is 2.20. The van der Waals surface area contributed by atoms with Crippen LogP contribution in [-0.2, 0) is 0 Å². The Labute approximate surface area is 109 Å². The summed E-state index contributed by atoms with van der Waals surface area (Å²) in [6.07, 6.45) is 1.57. The van der Waals surface area contributed by atoms with E-state index >= 15 is 0 Å². The molecule has 0 amide bonds. The molecule has 0 aromatic carbocycles. The van der Waals surface area contributed by atoms with Crippen LogP contribution in [0.2, 0.25) is 0 Å². The Hall–Kier alpha value is -1.36. The fourth-order valence-electron chi connectivity index (χ4n) is 1.81. The first-order valence-electron chi connectivity index (χ1n) is 6.18. The van der Waals surface area contributed by atoms with Gasteiger partial charge in [0.05, 0.1) is 6.61 Å². The van der Waals surface area contributed by atoms with Gasteiger partial charge in [-0.3, -0.25) is 0 Å². The van der Waals surface area contributed by atoms with E-state index in [1.807, 2.05) is 25.1 Å². The van der Waals surface area contributed by atoms with Crippen LogP contribution in [0.15, 0.2) is 12.4 Å². The van der Waals surface area contributed by atoms with Crippen molar-refractivity contribution in [1.82, 2.24) is 9.97 Å². The summed E-state index contributed by atoms with van der Waals surface area (Å²) in [7, 11) is 3.94. The van der Waals surface area contributed by atoms with E-state index in [0.717, 1.165) is 18.2 Å². The molecule has 18 heavy (non-hydrogen) atoms. The molecule has 0 fully saturated rings. The first-order chi connectivity index (χ1) is 8.33. The molecule has 0 saturated heterocycles. The monoisotopic (exact) mass is 252 g/mol. The quantitative estimate of drug-likeness (QED) is 0.858. The maximum absolute atomic E-state index is 8.93. The summed E-state index contributed by atoms with van der Waals surface area (Å²) in [5.41, 5.74) is 0.219. The van der Waals surface area contributed by atoms with Crippen LogP contribution in [0.1, 0.15) is 20.8 Å². The highest BCUT2D eigenvalue weighted by molar-refractivity contribution is 5.49. The molecule has 0 saturated carbocycles. The average molecular weight is 252 g/mol. The smallest absolute Gasteiger partial charge is 0.133 e. The van der Waals surface area contributed by atoms with Crippen molar-refractivity contribution in [2.75, 3.05) is 43.6 Å². The highest BCUT2D eigenvalue weighted by Gasteiger charge is 2.15. The summed E-state index contributed by atoms with van der Waals surface area (Å²) < 4.78 is 0. The van der Waals surface area contributed by atoms with Crippen LogP contribution in [0, 0.1) is 5.41 Å². The zero-order chi connectivity index (χ0) is 13.8. The lowest BCUT2D eigenvalue weighted by Crippen LogP contribution is -2.30. The lowest BCUT2D eigenvalue weighted by molar-refractivity contribution is 0.304. The standard InChI is InChI=1S/C13H24N4O/c1-13(2,3)9-17(5)12-8-11(14-10-15-12)16(4)6-7-18/h8,10,18H,6-7,9H2,1-5H3. The fourth-order valence-corrected chi connectivity index (χ4v) is 1.81. The number of anilines is 2. The van der Waals surface area contributed by atoms with Crippen molar-refractivity contribution in [2.24, 2.45) is 5.41 Å². The van der Waals surface area contributed by atoms with Crippen molar-refractivity contribution in [1.29, 1.82) is 0 Å². The number of aliphatic hydroxyl groups is 1. The third-order valence-corrected chi connectivity index (χ3v) is 2.57. The number of rotatable bonds is 5. The highest BCUT2D eigenvalue weighted by atomic mass is 16.3. The Balaban J connectivity index is 2.81. The predicted molar refractivity (Wildman–Crippen MR) is 75.1 cm³/mol. The van der Waals surface area contributed by atoms with E-state index < -0.39 is 0 Å². The van der Waals surface area contributed by atoms with E-state index in [4.69, 9.17) is 5.11 Å². The van der Waals surface area contributed by atoms with Crippen molar-refractivity contribution in [2.45, 2.75) is 20.8 Å². The van der Waals surface area contributed by atoms with Gasteiger partial charge < -0.3 is 14.9 Å². The third kappa shape index (κ3) is 4.49. The van der Waals surface area contributed by atoms with Gasteiger partial charge in [-0.1, -0.05) is 20.8 Å². The van der Waals surface area contributed by atoms with Gasteiger partial charge in [0.1, 0.15) is 18.0 Å². The molecule has 0 bridgehead atoms. The molecule has 1 aromatic heterocycles. The van der Waals surface area contributed by atoms with Crippen molar-refractivity contribution in [3.05, 3.63) is 12.4 Å². The number of aliphatic hydroxyl groups excluding tert-OH is 1. The van der Waals surface area contributed by atoms with E-state index in [-0.39, 0.29) is 12.0 Å². The molecular weight excluding hydrogens is 228 g/mol. The van der Waals surface area contributed by atoms with E-state index in [1.165, 1.54) is 0 Å². The molecule has 5 heteroatoms. The minimum Gasteiger partial charge on any atom is -0.395 e. The van der Waals surface area contributed by atoms with Crippen LogP contribution in [-0.4, -0.2) is 48.9 Å². The minimum absolute atomic E-state index is 0.119. The Morgan fingerprint density at radius 2 is 1.67 bits per heavy atom. The van der Waals surface area contributed by atoms with Gasteiger partial charge in [-0.15, -0.1) is 0 Å². The maximum atomic E-state index is 8.93. The Kier molecular flexibility index (Phi) is 4.90. The average Bonchev–Trinajstić information content (AvgIpc) is 2.27. The molecule has 1 heterocycles. The second kappa shape index (κ2) is 6.00. The van der Waals surface area contributed by atoms with E-state index in [9.17, 15) is 0 Å². The van der Waals surface area contributed by atoms with Crippen molar-refractivity contribution < 1.29 is 5.11 Å². The van der Waals surface area contributed by atoms with Crippen molar-refractivity contribution in [3.8, 4) is 0 Å². The van der Waals surface area contributed by atoms with Crippen molar-refractivity contribution >= 4 is 11.6 Å². The van der Waals surface area contributed by atoms with Gasteiger partial charge in [-0.2, -0.15) is 0 Å². The van der Waals surface area contributed by atoms with Gasteiger partial charge in [0, 0.05) is 33.3 Å². The van der Waals surface area contributed by atoms with E-state index in [0.29, 0.717) is 6.54 Å². The van der Waals surface area contributed by atoms with Crippen LogP contribution in [0.5, 0.6) is 0 Å². The largest absolute Gasteiger partial charge is 0.395 e. The number of hydrogen-bond donors (Lipinski definition) is 1. The lowest BCUT2D eigenvalue weighted by atomic mass is 9.96. The molecule has 0 unspecified atom stereocenters. The summed E-state index contributed by atoms with van der Waals surface area (Å²) in [5.74, 6) is 1.73. The van der Waals surface area contributed by atoms with Crippen LogP contribution in [0.3, 0.4) is 0 Å². The Bertz CT molecular complexity index is 375. The molecule has 1 N–H and O–H groups in total. The Morgan fingerprint density at radius 1 is 1.11 bits per heavy atom. The number of aromatic nitrogens is 2. The minimum atomic E-state index is 0.119. The number of hydrogen-bond acceptors (Lipinski definition) is 5. The summed E-state index contributed by atoms with van der Waals surface area (Å²) in [6, 6.07) is 1.95. The van der Waals surface area contributed by atoms with Crippen LogP contribution >= 0.6 is 0 Å². The van der Waals surface area contributed by atoms with Crippen LogP contribution in [0.4, 0.5) is 11.6 Å². The molecule has 102 valence electrons. The molecular formula is C13H24N4O. The fraction of sp³-hybridized carbons (Fsp3) is 0.692. The summed E-state index contributed by atoms with van der Waals surface area (Å²) in [5, 5.41) is 8.93.